The zero-order valence-corrected chi connectivity index (χ0v) is 35.4. The molecule has 4 aromatic heterocycles. The normalized spacial score (nSPS) is 11.8. The van der Waals surface area contributed by atoms with Crippen LogP contribution in [-0.2, 0) is 0 Å². The van der Waals surface area contributed by atoms with Gasteiger partial charge in [-0.2, -0.15) is 0 Å². The second kappa shape index (κ2) is 14.4. The van der Waals surface area contributed by atoms with Crippen LogP contribution in [0.4, 0.5) is 0 Å². The molecule has 0 saturated carbocycles. The Morgan fingerprint density at radius 3 is 1.48 bits per heavy atom. The smallest absolute Gasteiger partial charge is 0.164 e. The summed E-state index contributed by atoms with van der Waals surface area (Å²) >= 11 is 3.67. The monoisotopic (exact) mass is 838 g/mol. The van der Waals surface area contributed by atoms with E-state index in [1.807, 2.05) is 59.1 Å². The van der Waals surface area contributed by atoms with Crippen molar-refractivity contribution < 1.29 is 0 Å². The minimum atomic E-state index is 0.656. The molecule has 4 heterocycles. The molecular weight excluding hydrogens is 805 g/mol. The van der Waals surface area contributed by atoms with E-state index in [-0.39, 0.29) is 0 Å². The summed E-state index contributed by atoms with van der Waals surface area (Å²) in [6.07, 6.45) is 0. The third-order valence-corrected chi connectivity index (χ3v) is 14.5. The van der Waals surface area contributed by atoms with Crippen molar-refractivity contribution in [2.75, 3.05) is 0 Å². The van der Waals surface area contributed by atoms with Crippen LogP contribution in [0.3, 0.4) is 0 Å². The van der Waals surface area contributed by atoms with Crippen molar-refractivity contribution in [2.24, 2.45) is 0 Å². The van der Waals surface area contributed by atoms with Crippen molar-refractivity contribution in [3.05, 3.63) is 206 Å². The summed E-state index contributed by atoms with van der Waals surface area (Å²) < 4.78 is 7.46. The number of hydrogen-bond donors (Lipinski definition) is 0. The molecule has 0 N–H and O–H groups in total. The highest BCUT2D eigenvalue weighted by Gasteiger charge is 2.19. The molecule has 0 atom stereocenters. The van der Waals surface area contributed by atoms with Gasteiger partial charge in [0.05, 0.1) is 11.0 Å². The number of rotatable bonds is 6. The Balaban J connectivity index is 0.979. The van der Waals surface area contributed by atoms with Gasteiger partial charge in [0.2, 0.25) is 0 Å². The van der Waals surface area contributed by atoms with Crippen LogP contribution < -0.4 is 0 Å². The standard InChI is InChI=1S/C57H34N4S2/c1-4-13-35(14-5-1)55-58-56(36-15-6-2-7-16-36)60-57(59-55)44-20-12-22-52-54(44)47-33-39(26-30-51(47)62-52)37-24-28-48-45(31-37)46-32-38(25-29-49(46)61(48)41-17-8-3-9-18-41)40-23-27-43-42-19-10-11-21-50(42)63-53(43)34-40/h1-34H. The highest BCUT2D eigenvalue weighted by atomic mass is 32.1. The number of thiophene rings is 2. The predicted molar refractivity (Wildman–Crippen MR) is 267 cm³/mol. The van der Waals surface area contributed by atoms with Crippen LogP contribution in [0.5, 0.6) is 0 Å². The van der Waals surface area contributed by atoms with Crippen molar-refractivity contribution in [2.45, 2.75) is 0 Å². The van der Waals surface area contributed by atoms with Gasteiger partial charge >= 0.3 is 0 Å². The first-order valence-corrected chi connectivity index (χ1v) is 22.7. The van der Waals surface area contributed by atoms with Crippen LogP contribution >= 0.6 is 22.7 Å². The van der Waals surface area contributed by atoms with E-state index >= 15 is 0 Å². The minimum Gasteiger partial charge on any atom is -0.309 e. The van der Waals surface area contributed by atoms with E-state index in [0.717, 1.165) is 33.3 Å². The molecule has 0 radical (unpaired) electrons. The van der Waals surface area contributed by atoms with Gasteiger partial charge in [0.1, 0.15) is 0 Å². The van der Waals surface area contributed by atoms with Gasteiger partial charge in [-0.25, -0.2) is 15.0 Å². The number of fused-ring (bicyclic) bond motifs is 9. The maximum atomic E-state index is 5.14. The summed E-state index contributed by atoms with van der Waals surface area (Å²) in [4.78, 5) is 15.3. The van der Waals surface area contributed by atoms with Gasteiger partial charge in [0, 0.05) is 73.5 Å². The molecule has 4 nitrogen and oxygen atoms in total. The van der Waals surface area contributed by atoms with Crippen LogP contribution in [0.25, 0.3) is 124 Å². The van der Waals surface area contributed by atoms with Gasteiger partial charge in [0.15, 0.2) is 17.5 Å². The number of benzene rings is 9. The van der Waals surface area contributed by atoms with Crippen molar-refractivity contribution >= 4 is 84.8 Å². The highest BCUT2D eigenvalue weighted by molar-refractivity contribution is 7.26. The Morgan fingerprint density at radius 1 is 0.302 bits per heavy atom. The van der Waals surface area contributed by atoms with E-state index in [0.29, 0.717) is 17.5 Å². The Kier molecular flexibility index (Phi) is 8.22. The van der Waals surface area contributed by atoms with Crippen molar-refractivity contribution in [1.29, 1.82) is 0 Å². The molecule has 0 spiro atoms. The van der Waals surface area contributed by atoms with Crippen molar-refractivity contribution in [1.82, 2.24) is 19.5 Å². The molecule has 0 amide bonds. The first-order valence-electron chi connectivity index (χ1n) is 21.1. The molecule has 13 rings (SSSR count). The molecule has 13 aromatic rings. The van der Waals surface area contributed by atoms with E-state index in [1.54, 1.807) is 0 Å². The fourth-order valence-corrected chi connectivity index (χ4v) is 11.5. The molecule has 0 bridgehead atoms. The highest BCUT2D eigenvalue weighted by Crippen LogP contribution is 2.43. The molecule has 0 aliphatic carbocycles. The Bertz CT molecular complexity index is 3850. The maximum absolute atomic E-state index is 5.14. The van der Waals surface area contributed by atoms with E-state index in [2.05, 4.69) is 174 Å². The summed E-state index contributed by atoms with van der Waals surface area (Å²) in [6, 6.07) is 74.0. The molecule has 9 aromatic carbocycles. The number of aromatic nitrogens is 4. The van der Waals surface area contributed by atoms with Crippen LogP contribution in [0.2, 0.25) is 0 Å². The Labute approximate surface area is 370 Å². The van der Waals surface area contributed by atoms with Gasteiger partial charge in [-0.3, -0.25) is 0 Å². The molecule has 294 valence electrons. The molecule has 6 heteroatoms. The zero-order chi connectivity index (χ0) is 41.4. The molecule has 63 heavy (non-hydrogen) atoms. The van der Waals surface area contributed by atoms with Crippen molar-refractivity contribution in [3.63, 3.8) is 0 Å². The zero-order valence-electron chi connectivity index (χ0n) is 33.7. The van der Waals surface area contributed by atoms with Crippen molar-refractivity contribution in [3.8, 4) is 62.1 Å². The maximum Gasteiger partial charge on any atom is 0.164 e. The minimum absolute atomic E-state index is 0.656. The molecule has 0 aliphatic rings. The Morgan fingerprint density at radius 2 is 0.794 bits per heavy atom. The van der Waals surface area contributed by atoms with Crippen LogP contribution in [-0.4, -0.2) is 19.5 Å². The summed E-state index contributed by atoms with van der Waals surface area (Å²) in [5, 5.41) is 7.44. The molecule has 0 unspecified atom stereocenters. The first-order chi connectivity index (χ1) is 31.2. The number of nitrogens with zero attached hydrogens (tertiary/aromatic N) is 4. The van der Waals surface area contributed by atoms with Gasteiger partial charge in [-0.05, 0) is 89.0 Å². The second-order valence-corrected chi connectivity index (χ2v) is 18.1. The quantitative estimate of drug-likeness (QED) is 0.168. The average molecular weight is 839 g/mol. The van der Waals surface area contributed by atoms with E-state index in [9.17, 15) is 0 Å². The fourth-order valence-electron chi connectivity index (χ4n) is 9.26. The van der Waals surface area contributed by atoms with Crippen LogP contribution in [0, 0.1) is 0 Å². The van der Waals surface area contributed by atoms with E-state index < -0.39 is 0 Å². The Hall–Kier alpha value is -7.77. The second-order valence-electron chi connectivity index (χ2n) is 16.0. The van der Waals surface area contributed by atoms with Crippen LogP contribution in [0.15, 0.2) is 206 Å². The SMILES string of the molecule is c1ccc(-c2nc(-c3ccccc3)nc(-c3cccc4sc5ccc(-c6ccc7c(c6)c6cc(-c8ccc9c(c8)sc8ccccc89)ccc6n7-c6ccccc6)cc5c34)n2)cc1. The summed E-state index contributed by atoms with van der Waals surface area (Å²) in [5.41, 5.74) is 11.2. The summed E-state index contributed by atoms with van der Waals surface area (Å²) in [6.45, 7) is 0. The largest absolute Gasteiger partial charge is 0.309 e. The predicted octanol–water partition coefficient (Wildman–Crippen LogP) is 16.0. The number of para-hydroxylation sites is 1. The summed E-state index contributed by atoms with van der Waals surface area (Å²) in [7, 11) is 0. The average Bonchev–Trinajstić information content (AvgIpc) is 4.03. The third kappa shape index (κ3) is 5.98. The number of hydrogen-bond acceptors (Lipinski definition) is 5. The van der Waals surface area contributed by atoms with Gasteiger partial charge in [-0.1, -0.05) is 140 Å². The fraction of sp³-hybridized carbons (Fsp3) is 0. The van der Waals surface area contributed by atoms with Gasteiger partial charge < -0.3 is 4.57 Å². The third-order valence-electron chi connectivity index (χ3n) is 12.3. The first kappa shape index (κ1) is 35.9. The molecule has 0 fully saturated rings. The summed E-state index contributed by atoms with van der Waals surface area (Å²) in [5.74, 6) is 1.97. The lowest BCUT2D eigenvalue weighted by Gasteiger charge is -2.10. The lowest BCUT2D eigenvalue weighted by Crippen LogP contribution is -2.00. The lowest BCUT2D eigenvalue weighted by molar-refractivity contribution is 1.08. The van der Waals surface area contributed by atoms with E-state index in [4.69, 9.17) is 15.0 Å². The van der Waals surface area contributed by atoms with Gasteiger partial charge in [0.25, 0.3) is 0 Å². The molecule has 0 aliphatic heterocycles. The van der Waals surface area contributed by atoms with E-state index in [1.165, 1.54) is 73.5 Å². The van der Waals surface area contributed by atoms with Crippen LogP contribution in [0.1, 0.15) is 0 Å². The molecular formula is C57H34N4S2. The topological polar surface area (TPSA) is 43.6 Å². The molecule has 0 saturated heterocycles. The lowest BCUT2D eigenvalue weighted by atomic mass is 9.98. The van der Waals surface area contributed by atoms with Gasteiger partial charge in [-0.15, -0.1) is 22.7 Å².